The van der Waals surface area contributed by atoms with Gasteiger partial charge in [0.15, 0.2) is 5.78 Å². The summed E-state index contributed by atoms with van der Waals surface area (Å²) >= 11 is 8.94. The van der Waals surface area contributed by atoms with Crippen LogP contribution in [0.15, 0.2) is 22.7 Å². The maximum absolute atomic E-state index is 11.4. The summed E-state index contributed by atoms with van der Waals surface area (Å²) in [5, 5.41) is 0. The number of carbonyl (C=O) groups excluding carboxylic acids is 1. The van der Waals surface area contributed by atoms with Gasteiger partial charge in [-0.25, -0.2) is 0 Å². The number of ketones is 1. The SMILES string of the molecule is CC(=O)c1cc(Br)ccc1OCCCCCCl. The van der Waals surface area contributed by atoms with E-state index in [-0.39, 0.29) is 5.78 Å². The Morgan fingerprint density at radius 1 is 1.35 bits per heavy atom. The van der Waals surface area contributed by atoms with E-state index in [1.807, 2.05) is 12.1 Å². The molecule has 4 heteroatoms. The monoisotopic (exact) mass is 318 g/mol. The largest absolute Gasteiger partial charge is 0.493 e. The molecule has 94 valence electrons. The Hall–Kier alpha value is -0.540. The molecule has 1 aromatic rings. The van der Waals surface area contributed by atoms with E-state index in [4.69, 9.17) is 16.3 Å². The Kier molecular flexibility index (Phi) is 6.60. The summed E-state index contributed by atoms with van der Waals surface area (Å²) < 4.78 is 6.50. The fraction of sp³-hybridized carbons (Fsp3) is 0.462. The molecule has 17 heavy (non-hydrogen) atoms. The molecule has 0 heterocycles. The van der Waals surface area contributed by atoms with Crippen LogP contribution in [0.25, 0.3) is 0 Å². The molecule has 2 nitrogen and oxygen atoms in total. The number of benzene rings is 1. The predicted octanol–water partition coefficient (Wildman–Crippen LogP) is 4.44. The molecule has 1 aromatic carbocycles. The van der Waals surface area contributed by atoms with Crippen molar-refractivity contribution >= 4 is 33.3 Å². The van der Waals surface area contributed by atoms with E-state index >= 15 is 0 Å². The van der Waals surface area contributed by atoms with Gasteiger partial charge in [0.2, 0.25) is 0 Å². The highest BCUT2D eigenvalue weighted by Gasteiger charge is 2.08. The Balaban J connectivity index is 2.55. The van der Waals surface area contributed by atoms with Gasteiger partial charge in [-0.2, -0.15) is 0 Å². The Morgan fingerprint density at radius 2 is 2.12 bits per heavy atom. The van der Waals surface area contributed by atoms with E-state index in [0.717, 1.165) is 23.7 Å². The van der Waals surface area contributed by atoms with Gasteiger partial charge in [-0.05, 0) is 44.4 Å². The first-order valence-corrected chi connectivity index (χ1v) is 6.97. The maximum Gasteiger partial charge on any atom is 0.163 e. The third-order valence-electron chi connectivity index (χ3n) is 2.36. The molecule has 0 unspecified atom stereocenters. The second-order valence-corrected chi connectivity index (χ2v) is 5.09. The number of halogens is 2. The van der Waals surface area contributed by atoms with Crippen molar-refractivity contribution in [2.45, 2.75) is 26.2 Å². The van der Waals surface area contributed by atoms with E-state index < -0.39 is 0 Å². The van der Waals surface area contributed by atoms with Crippen molar-refractivity contribution in [1.29, 1.82) is 0 Å². The predicted molar refractivity (Wildman–Crippen MR) is 74.2 cm³/mol. The van der Waals surface area contributed by atoms with Gasteiger partial charge in [0, 0.05) is 10.4 Å². The van der Waals surface area contributed by atoms with Gasteiger partial charge in [-0.1, -0.05) is 15.9 Å². The van der Waals surface area contributed by atoms with Crippen molar-refractivity contribution in [2.75, 3.05) is 12.5 Å². The van der Waals surface area contributed by atoms with Gasteiger partial charge in [-0.15, -0.1) is 11.6 Å². The quantitative estimate of drug-likeness (QED) is 0.422. The molecular formula is C13H16BrClO2. The smallest absolute Gasteiger partial charge is 0.163 e. The van der Waals surface area contributed by atoms with Crippen molar-refractivity contribution in [3.63, 3.8) is 0 Å². The standard InChI is InChI=1S/C13H16BrClO2/c1-10(16)12-9-11(14)5-6-13(12)17-8-4-2-3-7-15/h5-6,9H,2-4,7-8H2,1H3. The topological polar surface area (TPSA) is 26.3 Å². The molecular weight excluding hydrogens is 303 g/mol. The molecule has 0 fully saturated rings. The van der Waals surface area contributed by atoms with Crippen molar-refractivity contribution in [2.24, 2.45) is 0 Å². The lowest BCUT2D eigenvalue weighted by Gasteiger charge is -2.09. The van der Waals surface area contributed by atoms with Crippen LogP contribution in [0.1, 0.15) is 36.5 Å². The molecule has 0 aliphatic carbocycles. The zero-order valence-corrected chi connectivity index (χ0v) is 12.2. The van der Waals surface area contributed by atoms with Gasteiger partial charge < -0.3 is 4.74 Å². The van der Waals surface area contributed by atoms with Gasteiger partial charge in [0.05, 0.1) is 12.2 Å². The van der Waals surface area contributed by atoms with Gasteiger partial charge in [0.25, 0.3) is 0 Å². The van der Waals surface area contributed by atoms with E-state index in [9.17, 15) is 4.79 Å². The van der Waals surface area contributed by atoms with Crippen LogP contribution in [0.4, 0.5) is 0 Å². The molecule has 0 saturated carbocycles. The first kappa shape index (κ1) is 14.5. The van der Waals surface area contributed by atoms with Crippen LogP contribution in [0.2, 0.25) is 0 Å². The number of alkyl halides is 1. The lowest BCUT2D eigenvalue weighted by atomic mass is 10.1. The average molecular weight is 320 g/mol. The molecule has 0 N–H and O–H groups in total. The zero-order chi connectivity index (χ0) is 12.7. The summed E-state index contributed by atoms with van der Waals surface area (Å²) in [5.74, 6) is 1.37. The molecule has 0 aromatic heterocycles. The number of unbranched alkanes of at least 4 members (excludes halogenated alkanes) is 2. The number of ether oxygens (including phenoxy) is 1. The molecule has 0 bridgehead atoms. The van der Waals surface area contributed by atoms with Crippen molar-refractivity contribution < 1.29 is 9.53 Å². The minimum atomic E-state index is 0.0158. The highest BCUT2D eigenvalue weighted by molar-refractivity contribution is 9.10. The lowest BCUT2D eigenvalue weighted by Crippen LogP contribution is -2.03. The molecule has 0 spiro atoms. The number of rotatable bonds is 7. The first-order chi connectivity index (χ1) is 8.15. The van der Waals surface area contributed by atoms with Gasteiger partial charge in [0.1, 0.15) is 5.75 Å². The normalized spacial score (nSPS) is 10.3. The molecule has 0 saturated heterocycles. The van der Waals surface area contributed by atoms with E-state index in [0.29, 0.717) is 23.8 Å². The Labute approximate surface area is 115 Å². The summed E-state index contributed by atoms with van der Waals surface area (Å²) in [6.45, 7) is 2.17. The van der Waals surface area contributed by atoms with Gasteiger partial charge in [-0.3, -0.25) is 4.79 Å². The summed E-state index contributed by atoms with van der Waals surface area (Å²) in [5.41, 5.74) is 0.622. The fourth-order valence-corrected chi connectivity index (χ4v) is 2.01. The minimum absolute atomic E-state index is 0.0158. The average Bonchev–Trinajstić information content (AvgIpc) is 2.30. The second-order valence-electron chi connectivity index (χ2n) is 3.79. The minimum Gasteiger partial charge on any atom is -0.493 e. The number of carbonyl (C=O) groups is 1. The third kappa shape index (κ3) is 5.09. The number of hydrogen-bond donors (Lipinski definition) is 0. The van der Waals surface area contributed by atoms with Crippen molar-refractivity contribution in [3.8, 4) is 5.75 Å². The molecule has 0 amide bonds. The van der Waals surface area contributed by atoms with Crippen LogP contribution in [0.3, 0.4) is 0 Å². The lowest BCUT2D eigenvalue weighted by molar-refractivity contribution is 0.101. The van der Waals surface area contributed by atoms with Crippen LogP contribution >= 0.6 is 27.5 Å². The maximum atomic E-state index is 11.4. The number of Topliss-reactive ketones (excluding diaryl/α,β-unsaturated/α-hetero) is 1. The molecule has 0 aliphatic heterocycles. The summed E-state index contributed by atoms with van der Waals surface area (Å²) in [6.07, 6.45) is 3.01. The summed E-state index contributed by atoms with van der Waals surface area (Å²) in [7, 11) is 0. The van der Waals surface area contributed by atoms with Crippen LogP contribution in [-0.2, 0) is 0 Å². The second kappa shape index (κ2) is 7.72. The first-order valence-electron chi connectivity index (χ1n) is 5.64. The van der Waals surface area contributed by atoms with Crippen LogP contribution in [0, 0.1) is 0 Å². The Morgan fingerprint density at radius 3 is 2.76 bits per heavy atom. The molecule has 0 atom stereocenters. The highest BCUT2D eigenvalue weighted by Crippen LogP contribution is 2.23. The zero-order valence-electron chi connectivity index (χ0n) is 9.84. The van der Waals surface area contributed by atoms with Crippen molar-refractivity contribution in [3.05, 3.63) is 28.2 Å². The van der Waals surface area contributed by atoms with Crippen LogP contribution in [-0.4, -0.2) is 18.3 Å². The molecule has 0 aliphatic rings. The number of hydrogen-bond acceptors (Lipinski definition) is 2. The van der Waals surface area contributed by atoms with E-state index in [1.165, 1.54) is 0 Å². The van der Waals surface area contributed by atoms with E-state index in [1.54, 1.807) is 13.0 Å². The fourth-order valence-electron chi connectivity index (χ4n) is 1.46. The highest BCUT2D eigenvalue weighted by atomic mass is 79.9. The summed E-state index contributed by atoms with van der Waals surface area (Å²) in [6, 6.07) is 5.49. The van der Waals surface area contributed by atoms with E-state index in [2.05, 4.69) is 15.9 Å². The molecule has 0 radical (unpaired) electrons. The van der Waals surface area contributed by atoms with Crippen molar-refractivity contribution in [1.82, 2.24) is 0 Å². The summed E-state index contributed by atoms with van der Waals surface area (Å²) in [4.78, 5) is 11.4. The van der Waals surface area contributed by atoms with Gasteiger partial charge >= 0.3 is 0 Å². The Bertz CT molecular complexity index is 380. The molecule has 1 rings (SSSR count). The van der Waals surface area contributed by atoms with Crippen LogP contribution in [0.5, 0.6) is 5.75 Å². The van der Waals surface area contributed by atoms with Crippen LogP contribution < -0.4 is 4.74 Å². The third-order valence-corrected chi connectivity index (χ3v) is 3.12.